The molecule has 0 atom stereocenters. The van der Waals surface area contributed by atoms with Crippen molar-refractivity contribution in [2.24, 2.45) is 0 Å². The van der Waals surface area contributed by atoms with Crippen LogP contribution in [0.15, 0.2) is 54.6 Å². The van der Waals surface area contributed by atoms with E-state index in [4.69, 9.17) is 0 Å². The SMILES string of the molecule is Cc1ccc(C(=O)N(N(C)C(=O)c2ccccc2)C(C)(C)C)cc1. The Hall–Kier alpha value is -2.62. The molecule has 2 aromatic carbocycles. The van der Waals surface area contributed by atoms with E-state index < -0.39 is 5.54 Å². The van der Waals surface area contributed by atoms with Crippen molar-refractivity contribution in [1.82, 2.24) is 10.0 Å². The highest BCUT2D eigenvalue weighted by molar-refractivity contribution is 5.99. The van der Waals surface area contributed by atoms with Gasteiger partial charge in [-0.15, -0.1) is 0 Å². The van der Waals surface area contributed by atoms with E-state index in [9.17, 15) is 9.59 Å². The van der Waals surface area contributed by atoms with Crippen molar-refractivity contribution in [3.8, 4) is 0 Å². The topological polar surface area (TPSA) is 40.6 Å². The summed E-state index contributed by atoms with van der Waals surface area (Å²) in [6.07, 6.45) is 0. The van der Waals surface area contributed by atoms with Crippen molar-refractivity contribution in [3.05, 3.63) is 71.3 Å². The van der Waals surface area contributed by atoms with Crippen LogP contribution in [0, 0.1) is 6.92 Å². The van der Waals surface area contributed by atoms with Gasteiger partial charge in [-0.1, -0.05) is 35.9 Å². The Balaban J connectivity index is 2.36. The highest BCUT2D eigenvalue weighted by atomic mass is 16.2. The first-order chi connectivity index (χ1) is 11.2. The molecule has 24 heavy (non-hydrogen) atoms. The Bertz CT molecular complexity index is 716. The van der Waals surface area contributed by atoms with E-state index in [0.717, 1.165) is 5.56 Å². The van der Waals surface area contributed by atoms with E-state index >= 15 is 0 Å². The lowest BCUT2D eigenvalue weighted by atomic mass is 10.1. The number of rotatable bonds is 2. The zero-order valence-electron chi connectivity index (χ0n) is 14.9. The summed E-state index contributed by atoms with van der Waals surface area (Å²) in [6, 6.07) is 16.3. The molecule has 0 spiro atoms. The van der Waals surface area contributed by atoms with E-state index in [-0.39, 0.29) is 11.8 Å². The smallest absolute Gasteiger partial charge is 0.267 e. The largest absolute Gasteiger partial charge is 0.272 e. The molecule has 126 valence electrons. The second kappa shape index (κ2) is 6.87. The summed E-state index contributed by atoms with van der Waals surface area (Å²) in [5.74, 6) is -0.416. The lowest BCUT2D eigenvalue weighted by Crippen LogP contribution is -2.56. The summed E-state index contributed by atoms with van der Waals surface area (Å²) < 4.78 is 0. The van der Waals surface area contributed by atoms with Crippen molar-refractivity contribution in [1.29, 1.82) is 0 Å². The lowest BCUT2D eigenvalue weighted by molar-refractivity contribution is -0.0308. The summed E-state index contributed by atoms with van der Waals surface area (Å²) in [5.41, 5.74) is 1.65. The van der Waals surface area contributed by atoms with Crippen LogP contribution in [0.2, 0.25) is 0 Å². The first kappa shape index (κ1) is 17.7. The van der Waals surface area contributed by atoms with Gasteiger partial charge in [-0.25, -0.2) is 10.0 Å². The highest BCUT2D eigenvalue weighted by Crippen LogP contribution is 2.21. The predicted octanol–water partition coefficient (Wildman–Crippen LogP) is 3.92. The molecule has 0 aliphatic carbocycles. The molecule has 0 saturated carbocycles. The van der Waals surface area contributed by atoms with Crippen molar-refractivity contribution in [2.75, 3.05) is 7.05 Å². The maximum atomic E-state index is 13.0. The number of nitrogens with zero attached hydrogens (tertiary/aromatic N) is 2. The summed E-state index contributed by atoms with van der Waals surface area (Å²) in [6.45, 7) is 7.70. The third kappa shape index (κ3) is 3.82. The van der Waals surface area contributed by atoms with Crippen LogP contribution in [0.1, 0.15) is 47.1 Å². The average molecular weight is 324 g/mol. The van der Waals surface area contributed by atoms with E-state index in [2.05, 4.69) is 0 Å². The van der Waals surface area contributed by atoms with Crippen molar-refractivity contribution in [3.63, 3.8) is 0 Å². The summed E-state index contributed by atoms with van der Waals surface area (Å²) in [5, 5.41) is 2.91. The number of benzene rings is 2. The van der Waals surface area contributed by atoms with E-state index in [1.165, 1.54) is 10.0 Å². The first-order valence-corrected chi connectivity index (χ1v) is 7.96. The number of aryl methyl sites for hydroxylation is 1. The maximum absolute atomic E-state index is 13.0. The molecule has 0 unspecified atom stereocenters. The fourth-order valence-corrected chi connectivity index (χ4v) is 2.57. The van der Waals surface area contributed by atoms with Gasteiger partial charge in [-0.3, -0.25) is 9.59 Å². The van der Waals surface area contributed by atoms with Crippen LogP contribution >= 0.6 is 0 Å². The van der Waals surface area contributed by atoms with Crippen LogP contribution in [-0.2, 0) is 0 Å². The molecule has 4 heteroatoms. The van der Waals surface area contributed by atoms with Gasteiger partial charge in [0, 0.05) is 18.2 Å². The van der Waals surface area contributed by atoms with Gasteiger partial charge in [0.15, 0.2) is 0 Å². The lowest BCUT2D eigenvalue weighted by Gasteiger charge is -2.41. The first-order valence-electron chi connectivity index (χ1n) is 7.96. The second-order valence-electron chi connectivity index (χ2n) is 6.85. The zero-order chi connectivity index (χ0) is 17.9. The van der Waals surface area contributed by atoms with Crippen LogP contribution in [0.25, 0.3) is 0 Å². The third-order valence-electron chi connectivity index (χ3n) is 3.74. The van der Waals surface area contributed by atoms with Gasteiger partial charge < -0.3 is 0 Å². The highest BCUT2D eigenvalue weighted by Gasteiger charge is 2.33. The minimum absolute atomic E-state index is 0.200. The molecule has 0 radical (unpaired) electrons. The Morgan fingerprint density at radius 1 is 0.792 bits per heavy atom. The number of carbonyl (C=O) groups excluding carboxylic acids is 2. The van der Waals surface area contributed by atoms with Crippen LogP contribution < -0.4 is 0 Å². The molecule has 0 fully saturated rings. The number of hydrazine groups is 1. The molecule has 0 heterocycles. The van der Waals surface area contributed by atoms with Gasteiger partial charge in [0.1, 0.15) is 0 Å². The molecule has 0 saturated heterocycles. The van der Waals surface area contributed by atoms with Crippen molar-refractivity contribution >= 4 is 11.8 Å². The Morgan fingerprint density at radius 3 is 1.79 bits per heavy atom. The summed E-state index contributed by atoms with van der Waals surface area (Å²) in [4.78, 5) is 25.8. The minimum atomic E-state index is -0.541. The van der Waals surface area contributed by atoms with Crippen molar-refractivity contribution in [2.45, 2.75) is 33.2 Å². The van der Waals surface area contributed by atoms with Crippen LogP contribution in [0.5, 0.6) is 0 Å². The summed E-state index contributed by atoms with van der Waals surface area (Å²) in [7, 11) is 1.63. The molecular formula is C20H24N2O2. The number of hydrogen-bond donors (Lipinski definition) is 0. The predicted molar refractivity (Wildman–Crippen MR) is 95.6 cm³/mol. The molecule has 2 rings (SSSR count). The average Bonchev–Trinajstić information content (AvgIpc) is 2.54. The molecule has 2 amide bonds. The fraction of sp³-hybridized carbons (Fsp3) is 0.300. The molecule has 0 N–H and O–H groups in total. The molecule has 0 bridgehead atoms. The van der Waals surface area contributed by atoms with E-state index in [0.29, 0.717) is 11.1 Å². The molecule has 2 aromatic rings. The van der Waals surface area contributed by atoms with Gasteiger partial charge in [0.05, 0.1) is 5.54 Å². The third-order valence-corrected chi connectivity index (χ3v) is 3.74. The number of hydrogen-bond acceptors (Lipinski definition) is 2. The van der Waals surface area contributed by atoms with E-state index in [1.54, 1.807) is 31.3 Å². The van der Waals surface area contributed by atoms with Gasteiger partial charge in [-0.2, -0.15) is 0 Å². The van der Waals surface area contributed by atoms with E-state index in [1.807, 2.05) is 58.0 Å². The molecular weight excluding hydrogens is 300 g/mol. The van der Waals surface area contributed by atoms with Crippen LogP contribution in [-0.4, -0.2) is 34.4 Å². The van der Waals surface area contributed by atoms with Gasteiger partial charge >= 0.3 is 0 Å². The standard InChI is InChI=1S/C20H24N2O2/c1-15-11-13-17(14-12-15)19(24)22(20(2,3)4)21(5)18(23)16-9-7-6-8-10-16/h6-14H,1-5H3. The van der Waals surface area contributed by atoms with Gasteiger partial charge in [0.25, 0.3) is 11.8 Å². The Morgan fingerprint density at radius 2 is 1.29 bits per heavy atom. The minimum Gasteiger partial charge on any atom is -0.267 e. The van der Waals surface area contributed by atoms with Crippen LogP contribution in [0.4, 0.5) is 0 Å². The van der Waals surface area contributed by atoms with Crippen molar-refractivity contribution < 1.29 is 9.59 Å². The molecule has 0 aliphatic heterocycles. The number of amides is 2. The summed E-state index contributed by atoms with van der Waals surface area (Å²) >= 11 is 0. The molecule has 0 aliphatic rings. The molecule has 0 aromatic heterocycles. The Kier molecular flexibility index (Phi) is 5.07. The van der Waals surface area contributed by atoms with Gasteiger partial charge in [-0.05, 0) is 52.0 Å². The van der Waals surface area contributed by atoms with Crippen LogP contribution in [0.3, 0.4) is 0 Å². The number of carbonyl (C=O) groups is 2. The Labute approximate surface area is 143 Å². The monoisotopic (exact) mass is 324 g/mol. The normalized spacial score (nSPS) is 11.0. The molecule has 4 nitrogen and oxygen atoms in total. The van der Waals surface area contributed by atoms with Gasteiger partial charge in [0.2, 0.25) is 0 Å². The second-order valence-corrected chi connectivity index (χ2v) is 6.85. The quantitative estimate of drug-likeness (QED) is 0.786. The fourth-order valence-electron chi connectivity index (χ4n) is 2.57. The maximum Gasteiger partial charge on any atom is 0.272 e. The zero-order valence-corrected chi connectivity index (χ0v) is 14.9.